The molecule has 0 heterocycles. The number of hydrogen-bond acceptors (Lipinski definition) is 3. The Hall–Kier alpha value is 0.0700. The lowest BCUT2D eigenvalue weighted by Gasteiger charge is -2.26. The van der Waals surface area contributed by atoms with Crippen LogP contribution in [0.2, 0.25) is 0 Å². The highest BCUT2D eigenvalue weighted by Gasteiger charge is 2.11. The van der Waals surface area contributed by atoms with Gasteiger partial charge in [-0.2, -0.15) is 0 Å². The Morgan fingerprint density at radius 2 is 1.17 bits per heavy atom. The van der Waals surface area contributed by atoms with E-state index >= 15 is 0 Å². The zero-order valence-electron chi connectivity index (χ0n) is 11.6. The molecule has 110 valence electrons. The molecule has 0 bridgehead atoms. The third-order valence-electron chi connectivity index (χ3n) is 3.34. The van der Waals surface area contributed by atoms with Crippen molar-refractivity contribution in [3.63, 3.8) is 0 Å². The van der Waals surface area contributed by atoms with E-state index in [1.807, 2.05) is 0 Å². The third kappa shape index (κ3) is 12.5. The highest BCUT2D eigenvalue weighted by atomic mass is 31.2. The van der Waals surface area contributed by atoms with Gasteiger partial charge < -0.3 is 25.8 Å². The maximum atomic E-state index is 9.47. The quantitative estimate of drug-likeness (QED) is 0.616. The predicted octanol–water partition coefficient (Wildman–Crippen LogP) is -0.738. The lowest BCUT2D eigenvalue weighted by atomic mass is 10.3. The van der Waals surface area contributed by atoms with Crippen molar-refractivity contribution in [2.45, 2.75) is 70.4 Å². The van der Waals surface area contributed by atoms with Crippen LogP contribution in [-0.4, -0.2) is 18.2 Å². The van der Waals surface area contributed by atoms with Gasteiger partial charge in [-0.25, -0.2) is 0 Å². The van der Waals surface area contributed by atoms with Gasteiger partial charge in [0.25, 0.3) is 0 Å². The second kappa shape index (κ2) is 9.93. The third-order valence-corrected chi connectivity index (χ3v) is 4.11. The van der Waals surface area contributed by atoms with Gasteiger partial charge in [0.2, 0.25) is 0 Å². The average Bonchev–Trinajstić information content (AvgIpc) is 2.92. The lowest BCUT2D eigenvalue weighted by molar-refractivity contribution is -0.417. The summed E-state index contributed by atoms with van der Waals surface area (Å²) >= 11 is 0. The molecule has 6 heteroatoms. The molecule has 18 heavy (non-hydrogen) atoms. The number of quaternary nitrogens is 2. The van der Waals surface area contributed by atoms with Crippen LogP contribution in [0.5, 0.6) is 0 Å². The van der Waals surface area contributed by atoms with Crippen molar-refractivity contribution in [1.29, 1.82) is 0 Å². The minimum absolute atomic E-state index is 0.285. The van der Waals surface area contributed by atoms with Crippen molar-refractivity contribution in [2.75, 3.05) is 6.16 Å². The molecule has 0 aliphatic heterocycles. The molecule has 2 rings (SSSR count). The second-order valence-corrected chi connectivity index (χ2v) is 7.08. The van der Waals surface area contributed by atoms with Gasteiger partial charge in [0, 0.05) is 0 Å². The van der Waals surface area contributed by atoms with Crippen molar-refractivity contribution in [3.05, 3.63) is 0 Å². The van der Waals surface area contributed by atoms with Crippen LogP contribution in [0.3, 0.4) is 0 Å². The summed E-state index contributed by atoms with van der Waals surface area (Å²) in [7, 11) is -4.15. The lowest BCUT2D eigenvalue weighted by Crippen LogP contribution is -2.59. The van der Waals surface area contributed by atoms with Gasteiger partial charge in [-0.3, -0.25) is 0 Å². The van der Waals surface area contributed by atoms with Gasteiger partial charge >= 0.3 is 0 Å². The van der Waals surface area contributed by atoms with Gasteiger partial charge in [0.15, 0.2) is 0 Å². The van der Waals surface area contributed by atoms with E-state index in [2.05, 4.69) is 11.5 Å². The molecule has 0 radical (unpaired) electrons. The molecule has 2 fully saturated rings. The van der Waals surface area contributed by atoms with E-state index in [-0.39, 0.29) is 6.16 Å². The van der Waals surface area contributed by atoms with Crippen LogP contribution < -0.4 is 21.3 Å². The van der Waals surface area contributed by atoms with Crippen molar-refractivity contribution in [1.82, 2.24) is 0 Å². The van der Waals surface area contributed by atoms with E-state index in [0.29, 0.717) is 0 Å². The molecular formula is C12H29N2O3P. The fourth-order valence-electron chi connectivity index (χ4n) is 2.02. The molecule has 0 saturated heterocycles. The monoisotopic (exact) mass is 280 g/mol. The second-order valence-electron chi connectivity index (χ2n) is 5.23. The maximum absolute atomic E-state index is 9.47. The summed E-state index contributed by atoms with van der Waals surface area (Å²) in [4.78, 5) is 18.9. The Balaban J connectivity index is 0.000000241. The van der Waals surface area contributed by atoms with Crippen LogP contribution in [0.15, 0.2) is 0 Å². The minimum Gasteiger partial charge on any atom is -0.811 e. The molecule has 0 spiro atoms. The van der Waals surface area contributed by atoms with Crippen LogP contribution in [-0.2, 0) is 4.57 Å². The van der Waals surface area contributed by atoms with Crippen LogP contribution in [0.4, 0.5) is 0 Å². The number of hydrogen-bond donors (Lipinski definition) is 2. The average molecular weight is 280 g/mol. The number of rotatable bonds is 1. The predicted molar refractivity (Wildman–Crippen MR) is 68.4 cm³/mol. The largest absolute Gasteiger partial charge is 0.811 e. The molecule has 2 aliphatic rings. The Labute approximate surface area is 110 Å². The maximum Gasteiger partial charge on any atom is 0.0843 e. The van der Waals surface area contributed by atoms with Crippen molar-refractivity contribution >= 4 is 7.60 Å². The molecule has 5 nitrogen and oxygen atoms in total. The normalized spacial score (nSPS) is 20.9. The van der Waals surface area contributed by atoms with Crippen molar-refractivity contribution in [3.8, 4) is 0 Å². The molecule has 2 saturated carbocycles. The van der Waals surface area contributed by atoms with Gasteiger partial charge in [-0.05, 0) is 57.5 Å². The summed E-state index contributed by atoms with van der Waals surface area (Å²) < 4.78 is 9.47. The van der Waals surface area contributed by atoms with E-state index < -0.39 is 7.60 Å². The zero-order valence-corrected chi connectivity index (χ0v) is 12.5. The van der Waals surface area contributed by atoms with Crippen LogP contribution in [0.1, 0.15) is 58.3 Å². The smallest absolute Gasteiger partial charge is 0.0843 e. The first-order chi connectivity index (χ1) is 8.35. The van der Waals surface area contributed by atoms with E-state index in [0.717, 1.165) is 12.1 Å². The summed E-state index contributed by atoms with van der Waals surface area (Å²) in [5.41, 5.74) is 7.88. The van der Waals surface area contributed by atoms with Crippen LogP contribution in [0, 0.1) is 0 Å². The van der Waals surface area contributed by atoms with E-state index in [1.165, 1.54) is 58.3 Å². The summed E-state index contributed by atoms with van der Waals surface area (Å²) in [6.45, 7) is 1.32. The van der Waals surface area contributed by atoms with Gasteiger partial charge in [0.1, 0.15) is 0 Å². The van der Waals surface area contributed by atoms with E-state index in [4.69, 9.17) is 0 Å². The summed E-state index contributed by atoms with van der Waals surface area (Å²) in [5.74, 6) is 0. The summed E-state index contributed by atoms with van der Waals surface area (Å²) in [6, 6.07) is 1.59. The van der Waals surface area contributed by atoms with Gasteiger partial charge in [-0.1, -0.05) is 14.5 Å². The fourth-order valence-corrected chi connectivity index (χ4v) is 2.02. The zero-order chi connectivity index (χ0) is 14.0. The van der Waals surface area contributed by atoms with Crippen molar-refractivity contribution in [2.24, 2.45) is 0 Å². The highest BCUT2D eigenvalue weighted by Crippen LogP contribution is 2.20. The first-order valence-electron chi connectivity index (χ1n) is 7.02. The van der Waals surface area contributed by atoms with E-state index in [9.17, 15) is 14.4 Å². The Morgan fingerprint density at radius 3 is 1.22 bits per heavy atom. The minimum atomic E-state index is -4.15. The Morgan fingerprint density at radius 1 is 0.944 bits per heavy atom. The molecular weight excluding hydrogens is 251 g/mol. The van der Waals surface area contributed by atoms with Crippen LogP contribution in [0.25, 0.3) is 0 Å². The van der Waals surface area contributed by atoms with Gasteiger partial charge in [-0.15, -0.1) is 0 Å². The molecule has 0 unspecified atom stereocenters. The SMILES string of the molecule is CCP(=O)([O-])[O-].[NH3+]C1CCCC1.[NH3+]C1CCCC1. The highest BCUT2D eigenvalue weighted by molar-refractivity contribution is 7.48. The molecule has 0 aromatic carbocycles. The Kier molecular flexibility index (Phi) is 9.97. The molecule has 0 aromatic heterocycles. The Bertz CT molecular complexity index is 219. The summed E-state index contributed by atoms with van der Waals surface area (Å²) in [5, 5.41) is 0. The van der Waals surface area contributed by atoms with Crippen molar-refractivity contribution < 1.29 is 25.8 Å². The molecule has 0 amide bonds. The van der Waals surface area contributed by atoms with Gasteiger partial charge in [0.05, 0.1) is 12.1 Å². The first kappa shape index (κ1) is 18.1. The van der Waals surface area contributed by atoms with E-state index in [1.54, 1.807) is 0 Å². The molecule has 2 aliphatic carbocycles. The molecule has 0 atom stereocenters. The van der Waals surface area contributed by atoms with Crippen LogP contribution >= 0.6 is 7.60 Å². The standard InChI is InChI=1S/2C5H11N.C2H7O3P/c2*6-5-3-1-2-4-5;1-2-6(3,4)5/h2*5H,1-4,6H2;2H2,1H3,(H2,3,4,5). The first-order valence-corrected chi connectivity index (χ1v) is 8.75. The topological polar surface area (TPSA) is 118 Å². The summed E-state index contributed by atoms with van der Waals surface area (Å²) in [6.07, 6.45) is 10.9. The fraction of sp³-hybridized carbons (Fsp3) is 1.00. The molecule has 0 aromatic rings. The molecule has 6 N–H and O–H groups in total.